The second kappa shape index (κ2) is 7.29. The van der Waals surface area contributed by atoms with Crippen molar-refractivity contribution in [2.45, 2.75) is 52.5 Å². The van der Waals surface area contributed by atoms with E-state index in [1.54, 1.807) is 7.11 Å². The van der Waals surface area contributed by atoms with Gasteiger partial charge in [0.25, 0.3) is 0 Å². The fourth-order valence-electron chi connectivity index (χ4n) is 2.51. The number of unbranched alkanes of at least 4 members (excludes halogenated alkanes) is 3. The zero-order valence-electron chi connectivity index (χ0n) is 13.3. The minimum absolute atomic E-state index is 0.535. The molecule has 0 aliphatic heterocycles. The van der Waals surface area contributed by atoms with Crippen molar-refractivity contribution in [1.29, 1.82) is 0 Å². The third kappa shape index (κ3) is 4.09. The lowest BCUT2D eigenvalue weighted by molar-refractivity contribution is 0.399. The first-order valence-corrected chi connectivity index (χ1v) is 7.78. The number of fused-ring (bicyclic) bond motifs is 1. The van der Waals surface area contributed by atoms with Gasteiger partial charge in [-0.3, -0.25) is 4.57 Å². The number of hydrogen-bond acceptors (Lipinski definition) is 4. The molecular weight excluding hydrogens is 264 g/mol. The molecule has 0 bridgehead atoms. The summed E-state index contributed by atoms with van der Waals surface area (Å²) in [7, 11) is 1.62. The number of rotatable bonds is 8. The molecule has 0 fully saturated rings. The molecule has 0 aliphatic carbocycles. The Kier molecular flexibility index (Phi) is 5.42. The van der Waals surface area contributed by atoms with Gasteiger partial charge in [-0.2, -0.15) is 4.98 Å². The fraction of sp³-hybridized carbons (Fsp3) is 0.625. The lowest BCUT2D eigenvalue weighted by atomic mass is 10.0. The molecule has 2 aromatic heterocycles. The first-order valence-electron chi connectivity index (χ1n) is 7.78. The second-order valence-electron chi connectivity index (χ2n) is 5.91. The maximum Gasteiger partial charge on any atom is 0.215 e. The minimum Gasteiger partial charge on any atom is -0.481 e. The first kappa shape index (κ1) is 15.6. The molecule has 116 valence electrons. The van der Waals surface area contributed by atoms with Gasteiger partial charge in [0.05, 0.1) is 7.11 Å². The fourth-order valence-corrected chi connectivity index (χ4v) is 2.51. The third-order valence-corrected chi connectivity index (χ3v) is 3.72. The molecular formula is C16H26N4O. The number of nitrogens with zero attached hydrogens (tertiary/aromatic N) is 3. The SMILES string of the molecule is COc1ccc2nc(N)n(CCCCCCC(C)C)c2n1. The normalized spacial score (nSPS) is 11.4. The van der Waals surface area contributed by atoms with Crippen LogP contribution in [0.25, 0.3) is 11.2 Å². The Labute approximate surface area is 126 Å². The number of imidazole rings is 1. The quantitative estimate of drug-likeness (QED) is 0.754. The van der Waals surface area contributed by atoms with Crippen molar-refractivity contribution in [2.24, 2.45) is 5.92 Å². The van der Waals surface area contributed by atoms with Crippen molar-refractivity contribution in [3.8, 4) is 5.88 Å². The molecule has 21 heavy (non-hydrogen) atoms. The van der Waals surface area contributed by atoms with Crippen molar-refractivity contribution in [3.05, 3.63) is 12.1 Å². The number of anilines is 1. The van der Waals surface area contributed by atoms with Crippen LogP contribution in [0, 0.1) is 5.92 Å². The molecule has 2 N–H and O–H groups in total. The van der Waals surface area contributed by atoms with Gasteiger partial charge in [-0.25, -0.2) is 4.98 Å². The van der Waals surface area contributed by atoms with Crippen molar-refractivity contribution in [3.63, 3.8) is 0 Å². The van der Waals surface area contributed by atoms with E-state index in [4.69, 9.17) is 10.5 Å². The summed E-state index contributed by atoms with van der Waals surface area (Å²) in [6, 6.07) is 3.71. The van der Waals surface area contributed by atoms with Crippen LogP contribution in [0.1, 0.15) is 46.0 Å². The highest BCUT2D eigenvalue weighted by atomic mass is 16.5. The van der Waals surface area contributed by atoms with Crippen LogP contribution in [-0.2, 0) is 6.54 Å². The van der Waals surface area contributed by atoms with Gasteiger partial charge in [0, 0.05) is 12.6 Å². The Morgan fingerprint density at radius 2 is 1.90 bits per heavy atom. The monoisotopic (exact) mass is 290 g/mol. The van der Waals surface area contributed by atoms with Crippen LogP contribution >= 0.6 is 0 Å². The van der Waals surface area contributed by atoms with Crippen LogP contribution in [0.4, 0.5) is 5.95 Å². The summed E-state index contributed by atoms with van der Waals surface area (Å²) < 4.78 is 7.16. The van der Waals surface area contributed by atoms with Crippen molar-refractivity contribution < 1.29 is 4.74 Å². The van der Waals surface area contributed by atoms with Gasteiger partial charge >= 0.3 is 0 Å². The number of pyridine rings is 1. The summed E-state index contributed by atoms with van der Waals surface area (Å²) in [5.41, 5.74) is 7.64. The Bertz CT molecular complexity index is 577. The van der Waals surface area contributed by atoms with Gasteiger partial charge in [0.1, 0.15) is 5.52 Å². The predicted molar refractivity (Wildman–Crippen MR) is 86.4 cm³/mol. The molecule has 0 aliphatic rings. The summed E-state index contributed by atoms with van der Waals surface area (Å²) in [6.45, 7) is 5.42. The van der Waals surface area contributed by atoms with E-state index in [0.29, 0.717) is 11.8 Å². The average Bonchev–Trinajstić information content (AvgIpc) is 2.77. The number of nitrogens with two attached hydrogens (primary N) is 1. The molecule has 0 saturated heterocycles. The lowest BCUT2D eigenvalue weighted by Gasteiger charge is -2.07. The summed E-state index contributed by atoms with van der Waals surface area (Å²) >= 11 is 0. The number of nitrogen functional groups attached to an aromatic ring is 1. The van der Waals surface area contributed by atoms with Crippen molar-refractivity contribution in [1.82, 2.24) is 14.5 Å². The molecule has 5 nitrogen and oxygen atoms in total. The zero-order chi connectivity index (χ0) is 15.2. The van der Waals surface area contributed by atoms with Crippen LogP contribution in [0.15, 0.2) is 12.1 Å². The molecule has 0 spiro atoms. The summed E-state index contributed by atoms with van der Waals surface area (Å²) in [5, 5.41) is 0. The molecule has 2 aromatic rings. The number of ether oxygens (including phenoxy) is 1. The van der Waals surface area contributed by atoms with Gasteiger partial charge in [-0.05, 0) is 18.4 Å². The first-order chi connectivity index (χ1) is 10.1. The molecule has 2 rings (SSSR count). The van der Waals surface area contributed by atoms with Gasteiger partial charge in [0.2, 0.25) is 11.8 Å². The summed E-state index contributed by atoms with van der Waals surface area (Å²) in [5.74, 6) is 1.93. The van der Waals surface area contributed by atoms with Crippen LogP contribution < -0.4 is 10.5 Å². The molecule has 5 heteroatoms. The van der Waals surface area contributed by atoms with E-state index in [-0.39, 0.29) is 0 Å². The van der Waals surface area contributed by atoms with Gasteiger partial charge in [-0.15, -0.1) is 0 Å². The summed E-state index contributed by atoms with van der Waals surface area (Å²) in [6.07, 6.45) is 6.22. The maximum atomic E-state index is 6.00. The topological polar surface area (TPSA) is 66.0 Å². The zero-order valence-corrected chi connectivity index (χ0v) is 13.3. The van der Waals surface area contributed by atoms with E-state index in [2.05, 4.69) is 23.8 Å². The Hall–Kier alpha value is -1.78. The highest BCUT2D eigenvalue weighted by Crippen LogP contribution is 2.20. The van der Waals surface area contributed by atoms with Crippen LogP contribution in [0.3, 0.4) is 0 Å². The van der Waals surface area contributed by atoms with E-state index in [1.165, 1.54) is 25.7 Å². The van der Waals surface area contributed by atoms with Crippen LogP contribution in [0.2, 0.25) is 0 Å². The van der Waals surface area contributed by atoms with E-state index >= 15 is 0 Å². The molecule has 0 atom stereocenters. The average molecular weight is 290 g/mol. The standard InChI is InChI=1S/C16H26N4O/c1-12(2)8-6-4-5-7-11-20-15-13(18-16(20)17)9-10-14(19-15)21-3/h9-10,12H,4-8,11H2,1-3H3,(H2,17,18). The number of methoxy groups -OCH3 is 1. The van der Waals surface area contributed by atoms with E-state index in [1.807, 2.05) is 16.7 Å². The molecule has 0 aromatic carbocycles. The molecule has 0 saturated carbocycles. The van der Waals surface area contributed by atoms with Crippen molar-refractivity contribution in [2.75, 3.05) is 12.8 Å². The minimum atomic E-state index is 0.535. The molecule has 2 heterocycles. The van der Waals surface area contributed by atoms with Crippen LogP contribution in [-0.4, -0.2) is 21.6 Å². The van der Waals surface area contributed by atoms with Crippen molar-refractivity contribution >= 4 is 17.1 Å². The lowest BCUT2D eigenvalue weighted by Crippen LogP contribution is -2.04. The Morgan fingerprint density at radius 3 is 2.62 bits per heavy atom. The number of hydrogen-bond donors (Lipinski definition) is 1. The highest BCUT2D eigenvalue weighted by molar-refractivity contribution is 5.74. The smallest absolute Gasteiger partial charge is 0.215 e. The van der Waals surface area contributed by atoms with Crippen LogP contribution in [0.5, 0.6) is 5.88 Å². The van der Waals surface area contributed by atoms with Gasteiger partial charge < -0.3 is 10.5 Å². The highest BCUT2D eigenvalue weighted by Gasteiger charge is 2.10. The molecule has 0 amide bonds. The van der Waals surface area contributed by atoms with Gasteiger partial charge in [-0.1, -0.05) is 39.5 Å². The molecule has 0 radical (unpaired) electrons. The van der Waals surface area contributed by atoms with E-state index in [9.17, 15) is 0 Å². The third-order valence-electron chi connectivity index (χ3n) is 3.72. The Balaban J connectivity index is 1.93. The molecule has 0 unspecified atom stereocenters. The van der Waals surface area contributed by atoms with E-state index < -0.39 is 0 Å². The number of aromatic nitrogens is 3. The number of aryl methyl sites for hydroxylation is 1. The maximum absolute atomic E-state index is 6.00. The summed E-state index contributed by atoms with van der Waals surface area (Å²) in [4.78, 5) is 8.80. The van der Waals surface area contributed by atoms with E-state index in [0.717, 1.165) is 30.0 Å². The largest absolute Gasteiger partial charge is 0.481 e. The second-order valence-corrected chi connectivity index (χ2v) is 5.91. The van der Waals surface area contributed by atoms with Gasteiger partial charge in [0.15, 0.2) is 5.65 Å². The Morgan fingerprint density at radius 1 is 1.14 bits per heavy atom. The predicted octanol–water partition coefficient (Wildman–Crippen LogP) is 3.63.